The number of hydrogen-bond donors (Lipinski definition) is 2. The van der Waals surface area contributed by atoms with E-state index in [1.807, 2.05) is 38.4 Å². The number of phenolic OH excluding ortho intramolecular Hbond substituents is 1. The molecule has 0 atom stereocenters. The second kappa shape index (κ2) is 3.99. The van der Waals surface area contributed by atoms with Crippen molar-refractivity contribution in [1.82, 2.24) is 14.9 Å². The van der Waals surface area contributed by atoms with Crippen molar-refractivity contribution >= 4 is 21.8 Å². The van der Waals surface area contributed by atoms with Crippen LogP contribution < -0.4 is 0 Å². The van der Waals surface area contributed by atoms with Crippen LogP contribution in [0, 0.1) is 0 Å². The average Bonchev–Trinajstić information content (AvgIpc) is 2.71. The van der Waals surface area contributed by atoms with Crippen LogP contribution in [0.2, 0.25) is 0 Å². The van der Waals surface area contributed by atoms with Crippen molar-refractivity contribution in [3.63, 3.8) is 0 Å². The molecular weight excluding hydrogens is 226 g/mol. The highest BCUT2D eigenvalue weighted by Gasteiger charge is 2.10. The summed E-state index contributed by atoms with van der Waals surface area (Å²) in [6, 6.07) is 9.51. The minimum absolute atomic E-state index is 0.290. The van der Waals surface area contributed by atoms with E-state index < -0.39 is 0 Å². The number of H-pyrrole nitrogens is 1. The zero-order chi connectivity index (χ0) is 12.7. The second-order valence-electron chi connectivity index (χ2n) is 4.76. The molecule has 0 unspecified atom stereocenters. The third-order valence-electron chi connectivity index (χ3n) is 2.99. The molecule has 4 heteroatoms. The molecule has 0 amide bonds. The first-order chi connectivity index (χ1) is 8.65. The first-order valence-electron chi connectivity index (χ1n) is 5.89. The van der Waals surface area contributed by atoms with Crippen molar-refractivity contribution in [2.75, 3.05) is 14.1 Å². The molecule has 0 spiro atoms. The van der Waals surface area contributed by atoms with Crippen molar-refractivity contribution in [1.29, 1.82) is 0 Å². The number of aromatic hydroxyl groups is 1. The number of hydrogen-bond acceptors (Lipinski definition) is 3. The summed E-state index contributed by atoms with van der Waals surface area (Å²) in [4.78, 5) is 9.92. The maximum absolute atomic E-state index is 10.0. The van der Waals surface area contributed by atoms with Crippen LogP contribution in [0.15, 0.2) is 30.3 Å². The number of benzene rings is 2. The van der Waals surface area contributed by atoms with Crippen LogP contribution in [-0.2, 0) is 6.54 Å². The van der Waals surface area contributed by atoms with E-state index in [2.05, 4.69) is 14.9 Å². The Morgan fingerprint density at radius 3 is 2.67 bits per heavy atom. The molecule has 0 bridgehead atoms. The lowest BCUT2D eigenvalue weighted by Crippen LogP contribution is -2.11. The SMILES string of the molecule is CN(C)Cc1nc2c(cc(O)c3ccccc32)[nH]1. The zero-order valence-corrected chi connectivity index (χ0v) is 10.4. The van der Waals surface area contributed by atoms with Crippen molar-refractivity contribution in [3.05, 3.63) is 36.2 Å². The molecule has 0 aliphatic rings. The molecule has 0 saturated heterocycles. The van der Waals surface area contributed by atoms with E-state index >= 15 is 0 Å². The summed E-state index contributed by atoms with van der Waals surface area (Å²) in [6.07, 6.45) is 0. The minimum Gasteiger partial charge on any atom is -0.507 e. The molecule has 3 aromatic rings. The summed E-state index contributed by atoms with van der Waals surface area (Å²) >= 11 is 0. The summed E-state index contributed by atoms with van der Waals surface area (Å²) in [5.41, 5.74) is 1.79. The molecule has 0 aliphatic heterocycles. The first-order valence-corrected chi connectivity index (χ1v) is 5.89. The van der Waals surface area contributed by atoms with Gasteiger partial charge in [0.2, 0.25) is 0 Å². The van der Waals surface area contributed by atoms with Gasteiger partial charge in [-0.3, -0.25) is 0 Å². The van der Waals surface area contributed by atoms with Crippen LogP contribution in [0.25, 0.3) is 21.8 Å². The fourth-order valence-corrected chi connectivity index (χ4v) is 2.25. The van der Waals surface area contributed by atoms with Gasteiger partial charge >= 0.3 is 0 Å². The summed E-state index contributed by atoms with van der Waals surface area (Å²) in [5, 5.41) is 11.8. The van der Waals surface area contributed by atoms with Gasteiger partial charge in [0.15, 0.2) is 0 Å². The van der Waals surface area contributed by atoms with E-state index in [0.717, 1.165) is 34.2 Å². The largest absolute Gasteiger partial charge is 0.507 e. The topological polar surface area (TPSA) is 52.1 Å². The van der Waals surface area contributed by atoms with Gasteiger partial charge in [0.25, 0.3) is 0 Å². The fourth-order valence-electron chi connectivity index (χ4n) is 2.25. The number of aromatic amines is 1. The number of rotatable bonds is 2. The van der Waals surface area contributed by atoms with Gasteiger partial charge in [-0.1, -0.05) is 24.3 Å². The molecule has 4 nitrogen and oxygen atoms in total. The molecule has 18 heavy (non-hydrogen) atoms. The predicted octanol–water partition coefficient (Wildman–Crippen LogP) is 2.48. The fraction of sp³-hybridized carbons (Fsp3) is 0.214. The Morgan fingerprint density at radius 1 is 1.22 bits per heavy atom. The van der Waals surface area contributed by atoms with E-state index in [-0.39, 0.29) is 5.75 Å². The number of fused-ring (bicyclic) bond motifs is 3. The molecule has 2 aromatic carbocycles. The van der Waals surface area contributed by atoms with Crippen LogP contribution in [0.1, 0.15) is 5.82 Å². The maximum Gasteiger partial charge on any atom is 0.125 e. The van der Waals surface area contributed by atoms with E-state index in [1.165, 1.54) is 0 Å². The molecule has 1 heterocycles. The van der Waals surface area contributed by atoms with Gasteiger partial charge in [0.1, 0.15) is 11.6 Å². The van der Waals surface area contributed by atoms with Gasteiger partial charge < -0.3 is 15.0 Å². The molecule has 0 saturated carbocycles. The first kappa shape index (κ1) is 11.0. The highest BCUT2D eigenvalue weighted by molar-refractivity contribution is 6.07. The second-order valence-corrected chi connectivity index (χ2v) is 4.76. The van der Waals surface area contributed by atoms with Crippen LogP contribution in [0.4, 0.5) is 0 Å². The van der Waals surface area contributed by atoms with Crippen molar-refractivity contribution in [2.45, 2.75) is 6.54 Å². The van der Waals surface area contributed by atoms with Crippen molar-refractivity contribution in [3.8, 4) is 5.75 Å². The van der Waals surface area contributed by atoms with Gasteiger partial charge in [0, 0.05) is 16.8 Å². The molecule has 2 N–H and O–H groups in total. The lowest BCUT2D eigenvalue weighted by molar-refractivity contribution is 0.392. The Labute approximate surface area is 105 Å². The van der Waals surface area contributed by atoms with Crippen molar-refractivity contribution in [2.24, 2.45) is 0 Å². The van der Waals surface area contributed by atoms with Crippen LogP contribution >= 0.6 is 0 Å². The Hall–Kier alpha value is -2.07. The lowest BCUT2D eigenvalue weighted by Gasteiger charge is -2.04. The highest BCUT2D eigenvalue weighted by atomic mass is 16.3. The summed E-state index contributed by atoms with van der Waals surface area (Å²) < 4.78 is 0. The third-order valence-corrected chi connectivity index (χ3v) is 2.99. The van der Waals surface area contributed by atoms with Gasteiger partial charge in [0.05, 0.1) is 17.6 Å². The van der Waals surface area contributed by atoms with Crippen LogP contribution in [0.5, 0.6) is 5.75 Å². The third kappa shape index (κ3) is 1.71. The monoisotopic (exact) mass is 241 g/mol. The summed E-state index contributed by atoms with van der Waals surface area (Å²) in [6.45, 7) is 0.754. The number of nitrogens with zero attached hydrogens (tertiary/aromatic N) is 2. The number of nitrogens with one attached hydrogen (secondary N) is 1. The average molecular weight is 241 g/mol. The Bertz CT molecular complexity index is 715. The molecule has 0 radical (unpaired) electrons. The minimum atomic E-state index is 0.290. The zero-order valence-electron chi connectivity index (χ0n) is 10.4. The smallest absolute Gasteiger partial charge is 0.125 e. The Kier molecular flexibility index (Phi) is 2.45. The molecule has 0 fully saturated rings. The normalized spacial score (nSPS) is 11.7. The van der Waals surface area contributed by atoms with Crippen LogP contribution in [0.3, 0.4) is 0 Å². The Morgan fingerprint density at radius 2 is 1.94 bits per heavy atom. The van der Waals surface area contributed by atoms with E-state index in [4.69, 9.17) is 0 Å². The highest BCUT2D eigenvalue weighted by Crippen LogP contribution is 2.31. The standard InChI is InChI=1S/C14H15N3O/c1-17(2)8-13-15-11-7-12(18)9-5-3-4-6-10(9)14(11)16-13/h3-7,18H,8H2,1-2H3,(H,15,16). The van der Waals surface area contributed by atoms with Gasteiger partial charge in [-0.05, 0) is 14.1 Å². The van der Waals surface area contributed by atoms with E-state index in [0.29, 0.717) is 0 Å². The molecule has 1 aromatic heterocycles. The molecular formula is C14H15N3O. The summed E-state index contributed by atoms with van der Waals surface area (Å²) in [7, 11) is 4.01. The van der Waals surface area contributed by atoms with Crippen LogP contribution in [-0.4, -0.2) is 34.1 Å². The Balaban J connectivity index is 2.29. The maximum atomic E-state index is 10.0. The molecule has 92 valence electrons. The lowest BCUT2D eigenvalue weighted by atomic mass is 10.1. The quantitative estimate of drug-likeness (QED) is 0.724. The molecule has 3 rings (SSSR count). The van der Waals surface area contributed by atoms with E-state index in [9.17, 15) is 5.11 Å². The van der Waals surface area contributed by atoms with E-state index in [1.54, 1.807) is 6.07 Å². The number of aromatic nitrogens is 2. The van der Waals surface area contributed by atoms with Crippen molar-refractivity contribution < 1.29 is 5.11 Å². The molecule has 0 aliphatic carbocycles. The number of phenols is 1. The predicted molar refractivity (Wildman–Crippen MR) is 72.7 cm³/mol. The van der Waals surface area contributed by atoms with Gasteiger partial charge in [-0.2, -0.15) is 0 Å². The van der Waals surface area contributed by atoms with Gasteiger partial charge in [-0.15, -0.1) is 0 Å². The van der Waals surface area contributed by atoms with Gasteiger partial charge in [-0.25, -0.2) is 4.98 Å². The summed E-state index contributed by atoms with van der Waals surface area (Å²) in [5.74, 6) is 1.20. The number of imidazole rings is 1.